The zero-order valence-corrected chi connectivity index (χ0v) is 19.0. The Balaban J connectivity index is 1.31. The molecule has 0 bridgehead atoms. The van der Waals surface area contributed by atoms with Gasteiger partial charge in [0.2, 0.25) is 11.8 Å². The molecule has 4 aliphatic rings. The van der Waals surface area contributed by atoms with Crippen molar-refractivity contribution in [1.29, 1.82) is 0 Å². The fraction of sp³-hybridized carbons (Fsp3) is 0.600. The number of fused-ring (bicyclic) bond motifs is 1. The highest BCUT2D eigenvalue weighted by Gasteiger charge is 2.44. The second-order valence-corrected chi connectivity index (χ2v) is 10.1. The van der Waals surface area contributed by atoms with Gasteiger partial charge in [-0.1, -0.05) is 37.1 Å². The molecule has 8 nitrogen and oxygen atoms in total. The molecular weight excluding hydrogens is 420 g/mol. The number of benzene rings is 1. The van der Waals surface area contributed by atoms with E-state index in [4.69, 9.17) is 0 Å². The van der Waals surface area contributed by atoms with E-state index in [1.807, 2.05) is 29.2 Å². The van der Waals surface area contributed by atoms with Crippen LogP contribution >= 0.6 is 0 Å². The number of carbonyl (C=O) groups excluding carboxylic acids is 4. The molecular formula is C25H32N4O4. The molecule has 2 unspecified atom stereocenters. The third-order valence-electron chi connectivity index (χ3n) is 8.07. The number of nitrogens with zero attached hydrogens (tertiary/aromatic N) is 2. The van der Waals surface area contributed by atoms with E-state index in [1.165, 1.54) is 25.7 Å². The monoisotopic (exact) mass is 452 g/mol. The lowest BCUT2D eigenvalue weighted by Gasteiger charge is -2.48. The number of nitrogens with one attached hydrogen (secondary N) is 2. The van der Waals surface area contributed by atoms with Gasteiger partial charge < -0.3 is 15.5 Å². The largest absolute Gasteiger partial charge is 0.346 e. The third-order valence-corrected chi connectivity index (χ3v) is 8.07. The molecule has 5 amide bonds. The maximum atomic E-state index is 13.6. The van der Waals surface area contributed by atoms with Crippen LogP contribution in [0.5, 0.6) is 0 Å². The molecule has 8 heteroatoms. The number of hydrogen-bond acceptors (Lipinski definition) is 4. The van der Waals surface area contributed by atoms with Crippen molar-refractivity contribution in [2.45, 2.75) is 57.4 Å². The molecule has 1 saturated heterocycles. The van der Waals surface area contributed by atoms with Crippen LogP contribution in [-0.4, -0.2) is 59.7 Å². The SMILES string of the molecule is O=C(CN1C(=O)CNC1=O)NC1CN(C(=O)C2CCCC3(CCC3)C2)CCc2ccccc21. The first-order chi connectivity index (χ1) is 15.9. The van der Waals surface area contributed by atoms with Gasteiger partial charge in [0.15, 0.2) is 0 Å². The highest BCUT2D eigenvalue weighted by molar-refractivity contribution is 6.04. The molecule has 1 spiro atoms. The van der Waals surface area contributed by atoms with Crippen LogP contribution in [0.25, 0.3) is 0 Å². The summed E-state index contributed by atoms with van der Waals surface area (Å²) in [6, 6.07) is 7.03. The third kappa shape index (κ3) is 4.35. The van der Waals surface area contributed by atoms with Gasteiger partial charge >= 0.3 is 6.03 Å². The molecule has 2 N–H and O–H groups in total. The zero-order valence-electron chi connectivity index (χ0n) is 19.0. The van der Waals surface area contributed by atoms with Crippen molar-refractivity contribution in [3.8, 4) is 0 Å². The van der Waals surface area contributed by atoms with E-state index < -0.39 is 17.8 Å². The summed E-state index contributed by atoms with van der Waals surface area (Å²) in [6.45, 7) is 0.649. The second-order valence-electron chi connectivity index (χ2n) is 10.1. The highest BCUT2D eigenvalue weighted by Crippen LogP contribution is 2.53. The number of rotatable bonds is 4. The number of amides is 5. The van der Waals surface area contributed by atoms with Gasteiger partial charge in [0.25, 0.3) is 5.91 Å². The maximum Gasteiger partial charge on any atom is 0.325 e. The van der Waals surface area contributed by atoms with Crippen LogP contribution in [0.15, 0.2) is 24.3 Å². The summed E-state index contributed by atoms with van der Waals surface area (Å²) < 4.78 is 0. The first-order valence-corrected chi connectivity index (χ1v) is 12.2. The van der Waals surface area contributed by atoms with E-state index in [0.29, 0.717) is 18.5 Å². The van der Waals surface area contributed by atoms with Crippen LogP contribution in [0.3, 0.4) is 0 Å². The molecule has 3 fully saturated rings. The topological polar surface area (TPSA) is 98.8 Å². The van der Waals surface area contributed by atoms with E-state index in [-0.39, 0.29) is 31.0 Å². The molecule has 2 saturated carbocycles. The van der Waals surface area contributed by atoms with E-state index in [9.17, 15) is 19.2 Å². The smallest absolute Gasteiger partial charge is 0.325 e. The van der Waals surface area contributed by atoms with Crippen LogP contribution < -0.4 is 10.6 Å². The first kappa shape index (κ1) is 21.9. The molecule has 1 aromatic rings. The lowest BCUT2D eigenvalue weighted by Crippen LogP contribution is -2.47. The average molecular weight is 453 g/mol. The lowest BCUT2D eigenvalue weighted by molar-refractivity contribution is -0.140. The molecule has 2 aliphatic heterocycles. The molecule has 2 aliphatic carbocycles. The fourth-order valence-corrected chi connectivity index (χ4v) is 6.14. The van der Waals surface area contributed by atoms with Crippen LogP contribution in [0.2, 0.25) is 0 Å². The summed E-state index contributed by atoms with van der Waals surface area (Å²) in [7, 11) is 0. The van der Waals surface area contributed by atoms with Gasteiger partial charge in [0.05, 0.1) is 12.6 Å². The Morgan fingerprint density at radius 2 is 1.91 bits per heavy atom. The first-order valence-electron chi connectivity index (χ1n) is 12.2. The van der Waals surface area contributed by atoms with Crippen molar-refractivity contribution >= 4 is 23.8 Å². The van der Waals surface area contributed by atoms with Crippen molar-refractivity contribution in [1.82, 2.24) is 20.4 Å². The van der Waals surface area contributed by atoms with Crippen LogP contribution in [0, 0.1) is 11.3 Å². The van der Waals surface area contributed by atoms with Crippen LogP contribution in [0.4, 0.5) is 4.79 Å². The minimum atomic E-state index is -0.546. The minimum absolute atomic E-state index is 0.0718. The van der Waals surface area contributed by atoms with Crippen molar-refractivity contribution in [3.05, 3.63) is 35.4 Å². The van der Waals surface area contributed by atoms with Crippen LogP contribution in [-0.2, 0) is 20.8 Å². The normalized spacial score (nSPS) is 26.3. The van der Waals surface area contributed by atoms with Crippen molar-refractivity contribution < 1.29 is 19.2 Å². The lowest BCUT2D eigenvalue weighted by atomic mass is 9.58. The summed E-state index contributed by atoms with van der Waals surface area (Å²) in [5.74, 6) is -0.527. The molecule has 0 aromatic heterocycles. The summed E-state index contributed by atoms with van der Waals surface area (Å²) >= 11 is 0. The average Bonchev–Trinajstić information content (AvgIpc) is 3.01. The van der Waals surface area contributed by atoms with Crippen molar-refractivity contribution in [2.75, 3.05) is 26.2 Å². The number of carbonyl (C=O) groups is 4. The Labute approximate surface area is 194 Å². The second kappa shape index (κ2) is 8.80. The minimum Gasteiger partial charge on any atom is -0.346 e. The predicted octanol–water partition coefficient (Wildman–Crippen LogP) is 2.14. The quantitative estimate of drug-likeness (QED) is 0.684. The summed E-state index contributed by atoms with van der Waals surface area (Å²) in [4.78, 5) is 53.0. The Bertz CT molecular complexity index is 957. The Morgan fingerprint density at radius 1 is 1.12 bits per heavy atom. The van der Waals surface area contributed by atoms with Crippen molar-refractivity contribution in [3.63, 3.8) is 0 Å². The molecule has 5 rings (SSSR count). The zero-order chi connectivity index (χ0) is 23.0. The van der Waals surface area contributed by atoms with Crippen LogP contribution in [0.1, 0.15) is 62.1 Å². The van der Waals surface area contributed by atoms with Gasteiger partial charge in [-0.25, -0.2) is 4.79 Å². The summed E-state index contributed by atoms with van der Waals surface area (Å²) in [5.41, 5.74) is 2.51. The predicted molar refractivity (Wildman–Crippen MR) is 121 cm³/mol. The standard InChI is InChI=1S/C25H32N4O4/c30-21(16-29-22(31)14-26-24(29)33)27-20-15-28(12-8-17-5-1-2-7-19(17)20)23(32)18-6-3-9-25(13-18)10-4-11-25/h1-2,5,7,18,20H,3-4,6,8-16H2,(H,26,33)(H,27,30). The van der Waals surface area contributed by atoms with Gasteiger partial charge in [-0.05, 0) is 55.1 Å². The van der Waals surface area contributed by atoms with Gasteiger partial charge in [-0.2, -0.15) is 0 Å². The number of hydrogen-bond donors (Lipinski definition) is 2. The molecule has 2 atom stereocenters. The van der Waals surface area contributed by atoms with E-state index in [2.05, 4.69) is 10.6 Å². The number of urea groups is 1. The highest BCUT2D eigenvalue weighted by atomic mass is 16.2. The molecule has 33 heavy (non-hydrogen) atoms. The van der Waals surface area contributed by atoms with E-state index in [1.54, 1.807) is 0 Å². The Kier molecular flexibility index (Phi) is 5.85. The number of imide groups is 1. The molecule has 0 radical (unpaired) electrons. The van der Waals surface area contributed by atoms with Gasteiger partial charge in [0.1, 0.15) is 6.54 Å². The molecule has 176 valence electrons. The van der Waals surface area contributed by atoms with E-state index in [0.717, 1.165) is 41.7 Å². The van der Waals surface area contributed by atoms with Gasteiger partial charge in [-0.15, -0.1) is 0 Å². The summed E-state index contributed by atoms with van der Waals surface area (Å²) in [5, 5.41) is 5.44. The van der Waals surface area contributed by atoms with E-state index >= 15 is 0 Å². The van der Waals surface area contributed by atoms with Gasteiger partial charge in [-0.3, -0.25) is 19.3 Å². The van der Waals surface area contributed by atoms with Gasteiger partial charge in [0, 0.05) is 19.0 Å². The van der Waals surface area contributed by atoms with Crippen molar-refractivity contribution in [2.24, 2.45) is 11.3 Å². The Hall–Kier alpha value is -2.90. The maximum absolute atomic E-state index is 13.6. The summed E-state index contributed by atoms with van der Waals surface area (Å²) in [6.07, 6.45) is 8.87. The molecule has 1 aromatic carbocycles. The molecule has 2 heterocycles. The fourth-order valence-electron chi connectivity index (χ4n) is 6.14. The Morgan fingerprint density at radius 3 is 2.64 bits per heavy atom.